The van der Waals surface area contributed by atoms with E-state index < -0.39 is 0 Å². The Labute approximate surface area is 138 Å². The van der Waals surface area contributed by atoms with Crippen LogP contribution in [0.4, 0.5) is 0 Å². The van der Waals surface area contributed by atoms with E-state index in [0.717, 1.165) is 18.7 Å². The van der Waals surface area contributed by atoms with Crippen molar-refractivity contribution in [2.45, 2.75) is 44.7 Å². The van der Waals surface area contributed by atoms with Gasteiger partial charge < -0.3 is 9.88 Å². The third kappa shape index (κ3) is 2.61. The standard InChI is InChI=1S/C15H18N8O/c1-10(13-20-17-9-22(13)11-5-2-3-6-11)18-14(24)12-19-15-16-7-4-8-23(15)21-12/h4,7-11H,2-3,5-6H2,1H3,(H,18,24)/t10-/m0/s1. The smallest absolute Gasteiger partial charge is 0.291 e. The molecule has 4 rings (SSSR count). The fourth-order valence-electron chi connectivity index (χ4n) is 3.18. The van der Waals surface area contributed by atoms with Crippen LogP contribution in [-0.2, 0) is 0 Å². The second-order valence-electron chi connectivity index (χ2n) is 6.03. The summed E-state index contributed by atoms with van der Waals surface area (Å²) < 4.78 is 3.55. The molecular weight excluding hydrogens is 308 g/mol. The summed E-state index contributed by atoms with van der Waals surface area (Å²) in [6.07, 6.45) is 9.77. The maximum atomic E-state index is 12.4. The zero-order valence-electron chi connectivity index (χ0n) is 13.3. The Hall–Kier alpha value is -2.84. The molecule has 1 amide bonds. The molecule has 0 saturated heterocycles. The lowest BCUT2D eigenvalue weighted by Gasteiger charge is -2.18. The van der Waals surface area contributed by atoms with E-state index in [4.69, 9.17) is 0 Å². The number of aromatic nitrogens is 7. The summed E-state index contributed by atoms with van der Waals surface area (Å²) in [6.45, 7) is 1.89. The van der Waals surface area contributed by atoms with E-state index in [0.29, 0.717) is 11.8 Å². The Morgan fingerprint density at radius 2 is 2.21 bits per heavy atom. The van der Waals surface area contributed by atoms with Crippen LogP contribution in [0.3, 0.4) is 0 Å². The molecule has 3 aromatic rings. The molecule has 0 radical (unpaired) electrons. The highest BCUT2D eigenvalue weighted by molar-refractivity contribution is 5.91. The van der Waals surface area contributed by atoms with Gasteiger partial charge >= 0.3 is 0 Å². The van der Waals surface area contributed by atoms with Crippen LogP contribution in [0.1, 0.15) is 61.1 Å². The summed E-state index contributed by atoms with van der Waals surface area (Å²) in [5, 5.41) is 15.2. The van der Waals surface area contributed by atoms with Gasteiger partial charge in [0.25, 0.3) is 11.7 Å². The first-order valence-electron chi connectivity index (χ1n) is 8.10. The molecule has 9 heteroatoms. The first-order chi connectivity index (χ1) is 11.7. The number of rotatable bonds is 4. The molecule has 0 aromatic carbocycles. The van der Waals surface area contributed by atoms with E-state index in [9.17, 15) is 4.79 Å². The Bertz CT molecular complexity index is 830. The first-order valence-corrected chi connectivity index (χ1v) is 8.10. The second-order valence-corrected chi connectivity index (χ2v) is 6.03. The van der Waals surface area contributed by atoms with Gasteiger partial charge in [0.15, 0.2) is 5.82 Å². The summed E-state index contributed by atoms with van der Waals surface area (Å²) in [5.41, 5.74) is 0. The highest BCUT2D eigenvalue weighted by Gasteiger charge is 2.24. The lowest BCUT2D eigenvalue weighted by Crippen LogP contribution is -2.30. The van der Waals surface area contributed by atoms with Crippen LogP contribution >= 0.6 is 0 Å². The highest BCUT2D eigenvalue weighted by atomic mass is 16.2. The number of amides is 1. The molecule has 0 bridgehead atoms. The van der Waals surface area contributed by atoms with Crippen LogP contribution in [0, 0.1) is 0 Å². The van der Waals surface area contributed by atoms with Crippen molar-refractivity contribution in [3.8, 4) is 0 Å². The molecule has 3 heterocycles. The van der Waals surface area contributed by atoms with Crippen molar-refractivity contribution >= 4 is 11.7 Å². The quantitative estimate of drug-likeness (QED) is 0.775. The van der Waals surface area contributed by atoms with E-state index in [-0.39, 0.29) is 17.8 Å². The fraction of sp³-hybridized carbons (Fsp3) is 0.467. The average Bonchev–Trinajstić information content (AvgIpc) is 3.32. The summed E-state index contributed by atoms with van der Waals surface area (Å²) in [6, 6.07) is 1.88. The zero-order valence-corrected chi connectivity index (χ0v) is 13.3. The lowest BCUT2D eigenvalue weighted by molar-refractivity contribution is 0.0927. The van der Waals surface area contributed by atoms with Crippen LogP contribution < -0.4 is 5.32 Å². The molecule has 0 spiro atoms. The maximum Gasteiger partial charge on any atom is 0.291 e. The molecule has 24 heavy (non-hydrogen) atoms. The number of hydrogen-bond donors (Lipinski definition) is 1. The third-order valence-corrected chi connectivity index (χ3v) is 4.37. The SMILES string of the molecule is C[C@H](NC(=O)c1nc2ncccn2n1)c1nncn1C1CCCC1. The molecular formula is C15H18N8O. The van der Waals surface area contributed by atoms with Crippen LogP contribution in [0.15, 0.2) is 24.8 Å². The molecule has 124 valence electrons. The summed E-state index contributed by atoms with van der Waals surface area (Å²) >= 11 is 0. The number of hydrogen-bond acceptors (Lipinski definition) is 6. The van der Waals surface area contributed by atoms with E-state index >= 15 is 0 Å². The monoisotopic (exact) mass is 326 g/mol. The fourth-order valence-corrected chi connectivity index (χ4v) is 3.18. The Balaban J connectivity index is 1.52. The molecule has 1 atom stereocenters. The minimum atomic E-state index is -0.353. The molecule has 0 unspecified atom stereocenters. The van der Waals surface area contributed by atoms with Crippen molar-refractivity contribution in [3.63, 3.8) is 0 Å². The van der Waals surface area contributed by atoms with Gasteiger partial charge in [-0.05, 0) is 25.8 Å². The van der Waals surface area contributed by atoms with Crippen molar-refractivity contribution in [3.05, 3.63) is 36.4 Å². The van der Waals surface area contributed by atoms with Gasteiger partial charge in [0, 0.05) is 18.4 Å². The normalized spacial score (nSPS) is 16.5. The van der Waals surface area contributed by atoms with Gasteiger partial charge in [-0.3, -0.25) is 4.79 Å². The van der Waals surface area contributed by atoms with Gasteiger partial charge in [0.1, 0.15) is 6.33 Å². The third-order valence-electron chi connectivity index (χ3n) is 4.37. The Morgan fingerprint density at radius 1 is 1.38 bits per heavy atom. The Kier molecular flexibility index (Phi) is 3.68. The minimum absolute atomic E-state index is 0.0903. The molecule has 1 aliphatic carbocycles. The van der Waals surface area contributed by atoms with Gasteiger partial charge in [-0.1, -0.05) is 12.8 Å². The summed E-state index contributed by atoms with van der Waals surface area (Å²) in [4.78, 5) is 20.6. The number of fused-ring (bicyclic) bond motifs is 1. The van der Waals surface area contributed by atoms with Gasteiger partial charge in [0.2, 0.25) is 5.82 Å². The van der Waals surface area contributed by atoms with Crippen molar-refractivity contribution in [1.29, 1.82) is 0 Å². The van der Waals surface area contributed by atoms with Crippen LogP contribution in [0.5, 0.6) is 0 Å². The van der Waals surface area contributed by atoms with Crippen molar-refractivity contribution < 1.29 is 4.79 Å². The highest BCUT2D eigenvalue weighted by Crippen LogP contribution is 2.31. The first kappa shape index (κ1) is 14.7. The number of carbonyl (C=O) groups is 1. The summed E-state index contributed by atoms with van der Waals surface area (Å²) in [5.74, 6) is 0.892. The molecule has 1 N–H and O–H groups in total. The van der Waals surface area contributed by atoms with Crippen molar-refractivity contribution in [2.24, 2.45) is 0 Å². The van der Waals surface area contributed by atoms with Crippen LogP contribution in [0.25, 0.3) is 5.78 Å². The Morgan fingerprint density at radius 3 is 3.00 bits per heavy atom. The lowest BCUT2D eigenvalue weighted by atomic mass is 10.2. The van der Waals surface area contributed by atoms with Crippen LogP contribution in [-0.4, -0.2) is 40.3 Å². The number of nitrogens with zero attached hydrogens (tertiary/aromatic N) is 7. The van der Waals surface area contributed by atoms with Crippen molar-refractivity contribution in [1.82, 2.24) is 39.7 Å². The number of carbonyl (C=O) groups excluding carboxylic acids is 1. The van der Waals surface area contributed by atoms with E-state index in [1.807, 2.05) is 6.92 Å². The molecule has 3 aromatic heterocycles. The molecule has 0 aliphatic heterocycles. The zero-order chi connectivity index (χ0) is 16.5. The maximum absolute atomic E-state index is 12.4. The molecule has 1 fully saturated rings. The van der Waals surface area contributed by atoms with E-state index in [2.05, 4.69) is 35.1 Å². The van der Waals surface area contributed by atoms with E-state index in [1.165, 1.54) is 17.4 Å². The predicted octanol–water partition coefficient (Wildman–Crippen LogP) is 1.32. The summed E-state index contributed by atoms with van der Waals surface area (Å²) in [7, 11) is 0. The molecule has 1 saturated carbocycles. The topological polar surface area (TPSA) is 103 Å². The van der Waals surface area contributed by atoms with Crippen molar-refractivity contribution in [2.75, 3.05) is 0 Å². The molecule has 1 aliphatic rings. The second kappa shape index (κ2) is 5.99. The van der Waals surface area contributed by atoms with E-state index in [1.54, 1.807) is 24.8 Å². The average molecular weight is 326 g/mol. The largest absolute Gasteiger partial charge is 0.340 e. The molecule has 9 nitrogen and oxygen atoms in total. The predicted molar refractivity (Wildman–Crippen MR) is 84.2 cm³/mol. The number of nitrogens with one attached hydrogen (secondary N) is 1. The van der Waals surface area contributed by atoms with Gasteiger partial charge in [0.05, 0.1) is 6.04 Å². The van der Waals surface area contributed by atoms with Gasteiger partial charge in [-0.25, -0.2) is 9.50 Å². The van der Waals surface area contributed by atoms with Gasteiger partial charge in [-0.2, -0.15) is 4.98 Å². The van der Waals surface area contributed by atoms with Gasteiger partial charge in [-0.15, -0.1) is 15.3 Å². The van der Waals surface area contributed by atoms with Crippen LogP contribution in [0.2, 0.25) is 0 Å². The minimum Gasteiger partial charge on any atom is -0.340 e.